The van der Waals surface area contributed by atoms with Gasteiger partial charge in [-0.3, -0.25) is 14.5 Å². The lowest BCUT2D eigenvalue weighted by molar-refractivity contribution is -0.120. The first-order valence-corrected chi connectivity index (χ1v) is 14.7. The number of carbonyl (C=O) groups is 3. The lowest BCUT2D eigenvalue weighted by Gasteiger charge is -2.36. The SMILES string of the molecule is CCCC[C@H](CC)CNC(=O)c1ccccc1N1C(=O)[C@@H]2Cc3c([nH]c4ccccc34)[C@@H](c3ccccc3)N2C1=O. The number of aromatic nitrogens is 1. The summed E-state index contributed by atoms with van der Waals surface area (Å²) in [5, 5.41) is 4.14. The summed E-state index contributed by atoms with van der Waals surface area (Å²) in [5.41, 5.74) is 4.57. The number of H-pyrrole nitrogens is 1. The number of benzene rings is 3. The number of hydrogen-bond acceptors (Lipinski definition) is 3. The van der Waals surface area contributed by atoms with E-state index in [1.165, 1.54) is 4.90 Å². The topological polar surface area (TPSA) is 85.5 Å². The van der Waals surface area contributed by atoms with E-state index in [2.05, 4.69) is 30.2 Å². The number of para-hydroxylation sites is 2. The van der Waals surface area contributed by atoms with E-state index in [4.69, 9.17) is 0 Å². The predicted molar refractivity (Wildman–Crippen MR) is 161 cm³/mol. The molecule has 3 atom stereocenters. The summed E-state index contributed by atoms with van der Waals surface area (Å²) in [4.78, 5) is 48.3. The van der Waals surface area contributed by atoms with Gasteiger partial charge >= 0.3 is 6.03 Å². The number of urea groups is 1. The molecule has 0 unspecified atom stereocenters. The minimum Gasteiger partial charge on any atom is -0.356 e. The highest BCUT2D eigenvalue weighted by Crippen LogP contribution is 2.45. The highest BCUT2D eigenvalue weighted by Gasteiger charge is 2.53. The van der Waals surface area contributed by atoms with Crippen molar-refractivity contribution in [3.63, 3.8) is 0 Å². The molecule has 2 aliphatic heterocycles. The molecule has 1 saturated heterocycles. The number of imide groups is 1. The Balaban J connectivity index is 1.36. The van der Waals surface area contributed by atoms with Crippen molar-refractivity contribution in [2.45, 2.75) is 58.0 Å². The van der Waals surface area contributed by atoms with E-state index in [9.17, 15) is 14.4 Å². The third-order valence-corrected chi connectivity index (χ3v) is 8.65. The molecule has 2 aliphatic rings. The van der Waals surface area contributed by atoms with Gasteiger partial charge in [-0.1, -0.05) is 93.8 Å². The van der Waals surface area contributed by atoms with Gasteiger partial charge in [-0.25, -0.2) is 9.69 Å². The maximum absolute atomic E-state index is 14.3. The number of anilines is 1. The molecule has 7 nitrogen and oxygen atoms in total. The Morgan fingerprint density at radius 2 is 1.71 bits per heavy atom. The third kappa shape index (κ3) is 4.69. The van der Waals surface area contributed by atoms with Crippen LogP contribution in [0.3, 0.4) is 0 Å². The van der Waals surface area contributed by atoms with Crippen molar-refractivity contribution in [3.8, 4) is 0 Å². The standard InChI is InChI=1S/C34H36N4O3/c1-3-5-13-22(4-2)21-35-32(39)25-17-10-12-19-28(25)38-33(40)29-20-26-24-16-9-11-18-27(24)36-30(26)31(37(29)34(38)41)23-14-7-6-8-15-23/h6-12,14-19,22,29,31,36H,3-5,13,20-21H2,1-2H3,(H,35,39)/t22-,29-,31+/m0/s1. The second-order valence-corrected chi connectivity index (χ2v) is 11.1. The monoisotopic (exact) mass is 548 g/mol. The van der Waals surface area contributed by atoms with Crippen LogP contribution < -0.4 is 10.2 Å². The van der Waals surface area contributed by atoms with Gasteiger partial charge in [0.1, 0.15) is 12.1 Å². The first kappa shape index (κ1) is 26.8. The minimum absolute atomic E-state index is 0.267. The van der Waals surface area contributed by atoms with Gasteiger partial charge in [-0.05, 0) is 41.7 Å². The maximum Gasteiger partial charge on any atom is 0.332 e. The molecule has 210 valence electrons. The van der Waals surface area contributed by atoms with Crippen molar-refractivity contribution in [2.24, 2.45) is 5.92 Å². The number of carbonyl (C=O) groups excluding carboxylic acids is 3. The molecule has 4 aromatic rings. The first-order valence-electron chi connectivity index (χ1n) is 14.7. The van der Waals surface area contributed by atoms with Crippen LogP contribution in [0.25, 0.3) is 10.9 Å². The van der Waals surface area contributed by atoms with Gasteiger partial charge in [0.15, 0.2) is 0 Å². The lowest BCUT2D eigenvalue weighted by Crippen LogP contribution is -2.44. The van der Waals surface area contributed by atoms with E-state index in [0.29, 0.717) is 30.1 Å². The van der Waals surface area contributed by atoms with E-state index in [0.717, 1.165) is 53.4 Å². The van der Waals surface area contributed by atoms with Crippen LogP contribution in [0, 0.1) is 5.92 Å². The van der Waals surface area contributed by atoms with Gasteiger partial charge in [0.05, 0.1) is 11.3 Å². The fourth-order valence-corrected chi connectivity index (χ4v) is 6.41. The van der Waals surface area contributed by atoms with Gasteiger partial charge < -0.3 is 10.3 Å². The van der Waals surface area contributed by atoms with Gasteiger partial charge in [0, 0.05) is 29.6 Å². The molecule has 3 heterocycles. The summed E-state index contributed by atoms with van der Waals surface area (Å²) in [6, 6.07) is 23.3. The second-order valence-electron chi connectivity index (χ2n) is 11.1. The van der Waals surface area contributed by atoms with Crippen LogP contribution in [0.2, 0.25) is 0 Å². The number of amides is 4. The zero-order valence-electron chi connectivity index (χ0n) is 23.6. The van der Waals surface area contributed by atoms with Gasteiger partial charge in [0.25, 0.3) is 11.8 Å². The molecule has 0 aliphatic carbocycles. The van der Waals surface area contributed by atoms with Gasteiger partial charge in [-0.15, -0.1) is 0 Å². The molecule has 0 saturated carbocycles. The zero-order valence-corrected chi connectivity index (χ0v) is 23.6. The molecular weight excluding hydrogens is 512 g/mol. The molecule has 2 N–H and O–H groups in total. The normalized spacial score (nSPS) is 18.9. The average molecular weight is 549 g/mol. The van der Waals surface area contributed by atoms with Crippen LogP contribution in [0.15, 0.2) is 78.9 Å². The van der Waals surface area contributed by atoms with Crippen molar-refractivity contribution in [1.29, 1.82) is 0 Å². The fourth-order valence-electron chi connectivity index (χ4n) is 6.41. The maximum atomic E-state index is 14.3. The van der Waals surface area contributed by atoms with Crippen molar-refractivity contribution in [2.75, 3.05) is 11.4 Å². The van der Waals surface area contributed by atoms with Crippen LogP contribution >= 0.6 is 0 Å². The molecule has 41 heavy (non-hydrogen) atoms. The molecule has 1 fully saturated rings. The van der Waals surface area contributed by atoms with Gasteiger partial charge in [0.2, 0.25) is 0 Å². The predicted octanol–water partition coefficient (Wildman–Crippen LogP) is 6.60. The molecule has 0 spiro atoms. The van der Waals surface area contributed by atoms with Gasteiger partial charge in [-0.2, -0.15) is 0 Å². The third-order valence-electron chi connectivity index (χ3n) is 8.65. The Morgan fingerprint density at radius 1 is 0.976 bits per heavy atom. The van der Waals surface area contributed by atoms with E-state index < -0.39 is 18.1 Å². The smallest absolute Gasteiger partial charge is 0.332 e. The fraction of sp³-hybridized carbons (Fsp3) is 0.324. The van der Waals surface area contributed by atoms with E-state index in [1.807, 2.05) is 48.5 Å². The van der Waals surface area contributed by atoms with Crippen molar-refractivity contribution in [3.05, 3.63) is 101 Å². The van der Waals surface area contributed by atoms with Crippen molar-refractivity contribution < 1.29 is 14.4 Å². The molecule has 0 radical (unpaired) electrons. The van der Waals surface area contributed by atoms with Crippen LogP contribution in [-0.4, -0.2) is 40.3 Å². The van der Waals surface area contributed by atoms with Crippen molar-refractivity contribution in [1.82, 2.24) is 15.2 Å². The zero-order chi connectivity index (χ0) is 28.5. The first-order chi connectivity index (χ1) is 20.0. The molecular formula is C34H36N4O3. The van der Waals surface area contributed by atoms with Crippen LogP contribution in [0.4, 0.5) is 10.5 Å². The molecule has 1 aromatic heterocycles. The van der Waals surface area contributed by atoms with E-state index in [-0.39, 0.29) is 11.8 Å². The summed E-state index contributed by atoms with van der Waals surface area (Å²) in [7, 11) is 0. The van der Waals surface area contributed by atoms with Crippen LogP contribution in [0.5, 0.6) is 0 Å². The number of aromatic amines is 1. The number of hydrogen-bond donors (Lipinski definition) is 2. The summed E-state index contributed by atoms with van der Waals surface area (Å²) >= 11 is 0. The highest BCUT2D eigenvalue weighted by molar-refractivity contribution is 6.24. The van der Waals surface area contributed by atoms with E-state index in [1.54, 1.807) is 29.2 Å². The molecule has 7 heteroatoms. The van der Waals surface area contributed by atoms with Crippen LogP contribution in [-0.2, 0) is 11.2 Å². The molecule has 6 rings (SSSR count). The Kier molecular flexibility index (Phi) is 7.35. The summed E-state index contributed by atoms with van der Waals surface area (Å²) in [6.07, 6.45) is 4.70. The Bertz CT molecular complexity index is 1590. The number of nitrogens with one attached hydrogen (secondary N) is 2. The molecule has 3 aromatic carbocycles. The summed E-state index contributed by atoms with van der Waals surface area (Å²) < 4.78 is 0. The summed E-state index contributed by atoms with van der Waals surface area (Å²) in [5.74, 6) is -0.177. The highest BCUT2D eigenvalue weighted by atomic mass is 16.2. The van der Waals surface area contributed by atoms with E-state index >= 15 is 0 Å². The average Bonchev–Trinajstić information content (AvgIpc) is 3.50. The number of nitrogens with zero attached hydrogens (tertiary/aromatic N) is 2. The lowest BCUT2D eigenvalue weighted by atomic mass is 9.89. The Labute approximate surface area is 240 Å². The molecule has 4 amide bonds. The summed E-state index contributed by atoms with van der Waals surface area (Å²) in [6.45, 7) is 4.87. The van der Waals surface area contributed by atoms with Crippen LogP contribution in [0.1, 0.15) is 72.8 Å². The Hall–Kier alpha value is -4.39. The van der Waals surface area contributed by atoms with Crippen molar-refractivity contribution >= 4 is 34.4 Å². The Morgan fingerprint density at radius 3 is 2.49 bits per heavy atom. The number of unbranched alkanes of at least 4 members (excludes halogenated alkanes) is 1. The largest absolute Gasteiger partial charge is 0.356 e. The molecule has 0 bridgehead atoms. The quantitative estimate of drug-likeness (QED) is 0.231. The number of rotatable bonds is 9. The second kappa shape index (κ2) is 11.2. The minimum atomic E-state index is -0.672. The number of fused-ring (bicyclic) bond motifs is 4.